The molecule has 6 nitrogen and oxygen atoms in total. The van der Waals surface area contributed by atoms with E-state index >= 15 is 0 Å². The maximum Gasteiger partial charge on any atom is 0.161 e. The van der Waals surface area contributed by atoms with Gasteiger partial charge in [0.1, 0.15) is 0 Å². The molecule has 2 atom stereocenters. The Morgan fingerprint density at radius 1 is 1.16 bits per heavy atom. The molecule has 0 aliphatic carbocycles. The Balaban J connectivity index is 1.55. The predicted octanol–water partition coefficient (Wildman–Crippen LogP) is 0.974. The molecule has 6 heteroatoms. The van der Waals surface area contributed by atoms with Crippen LogP contribution in [0.5, 0.6) is 11.5 Å². The van der Waals surface area contributed by atoms with E-state index in [0.29, 0.717) is 18.9 Å². The van der Waals surface area contributed by atoms with Crippen molar-refractivity contribution in [2.75, 3.05) is 52.9 Å². The van der Waals surface area contributed by atoms with Gasteiger partial charge in [-0.2, -0.15) is 0 Å². The number of β-amino-alcohol motifs (C(OH)–C–C–N with tert-alkyl or cyclic N) is 1. The van der Waals surface area contributed by atoms with E-state index in [1.54, 1.807) is 6.07 Å². The fourth-order valence-electron chi connectivity index (χ4n) is 3.89. The van der Waals surface area contributed by atoms with E-state index in [-0.39, 0.29) is 17.9 Å². The lowest BCUT2D eigenvalue weighted by Crippen LogP contribution is -2.58. The number of likely N-dealkylation sites (tertiary alicyclic amines) is 1. The Labute approximate surface area is 150 Å². The number of aliphatic hydroxyl groups excluding tert-OH is 1. The van der Waals surface area contributed by atoms with Crippen LogP contribution in [0.4, 0.5) is 0 Å². The number of aliphatic hydroxyl groups is 1. The first-order chi connectivity index (χ1) is 12.1. The summed E-state index contributed by atoms with van der Waals surface area (Å²) in [5, 5.41) is 20.5. The molecule has 3 rings (SSSR count). The van der Waals surface area contributed by atoms with Crippen molar-refractivity contribution < 1.29 is 14.9 Å². The van der Waals surface area contributed by atoms with E-state index in [4.69, 9.17) is 4.74 Å². The number of likely N-dealkylation sites (N-methyl/N-ethyl adjacent to an activating group) is 1. The van der Waals surface area contributed by atoms with Crippen LogP contribution in [0.15, 0.2) is 18.2 Å². The van der Waals surface area contributed by atoms with E-state index in [1.165, 1.54) is 0 Å². The summed E-state index contributed by atoms with van der Waals surface area (Å²) < 4.78 is 5.46. The lowest BCUT2D eigenvalue weighted by Gasteiger charge is -2.44. The van der Waals surface area contributed by atoms with Crippen molar-refractivity contribution in [1.82, 2.24) is 14.7 Å². The van der Waals surface area contributed by atoms with Gasteiger partial charge >= 0.3 is 0 Å². The molecule has 0 aromatic heterocycles. The zero-order valence-electron chi connectivity index (χ0n) is 15.4. The average Bonchev–Trinajstić information content (AvgIpc) is 2.59. The molecule has 1 aromatic rings. The van der Waals surface area contributed by atoms with Gasteiger partial charge in [0, 0.05) is 51.9 Å². The number of phenols is 1. The van der Waals surface area contributed by atoms with Gasteiger partial charge in [-0.15, -0.1) is 0 Å². The minimum absolute atomic E-state index is 0.180. The number of nitrogens with zero attached hydrogens (tertiary/aromatic N) is 3. The second kappa shape index (κ2) is 8.36. The smallest absolute Gasteiger partial charge is 0.161 e. The average molecular weight is 349 g/mol. The molecule has 0 unspecified atom stereocenters. The van der Waals surface area contributed by atoms with Crippen molar-refractivity contribution in [3.05, 3.63) is 23.8 Å². The standard InChI is InChI=1S/C19H31N3O3/c1-3-25-19-12-15(4-5-17(19)23)13-21-7-6-16(18(24)14-21)22-10-8-20(2)9-11-22/h4-5,12,16,18,23-24H,3,6-11,13-14H2,1-2H3/t16-,18-/m1/s1. The maximum absolute atomic E-state index is 10.7. The molecular weight excluding hydrogens is 318 g/mol. The highest BCUT2D eigenvalue weighted by molar-refractivity contribution is 5.41. The van der Waals surface area contributed by atoms with E-state index in [1.807, 2.05) is 19.1 Å². The molecule has 0 bridgehead atoms. The Kier molecular flexibility index (Phi) is 6.17. The topological polar surface area (TPSA) is 59.4 Å². The lowest BCUT2D eigenvalue weighted by atomic mass is 9.98. The van der Waals surface area contributed by atoms with Crippen LogP contribution in [0.3, 0.4) is 0 Å². The molecule has 25 heavy (non-hydrogen) atoms. The Hall–Kier alpha value is -1.34. The molecule has 2 aliphatic heterocycles. The van der Waals surface area contributed by atoms with Crippen LogP contribution in [0.1, 0.15) is 18.9 Å². The summed E-state index contributed by atoms with van der Waals surface area (Å²) in [6.07, 6.45) is 0.696. The van der Waals surface area contributed by atoms with Crippen molar-refractivity contribution in [3.8, 4) is 11.5 Å². The fourth-order valence-corrected chi connectivity index (χ4v) is 3.89. The van der Waals surface area contributed by atoms with Gasteiger partial charge < -0.3 is 19.8 Å². The molecule has 0 amide bonds. The zero-order chi connectivity index (χ0) is 17.8. The van der Waals surface area contributed by atoms with Gasteiger partial charge in [-0.1, -0.05) is 6.07 Å². The summed E-state index contributed by atoms with van der Waals surface area (Å²) in [6, 6.07) is 5.80. The zero-order valence-corrected chi connectivity index (χ0v) is 15.4. The predicted molar refractivity (Wildman–Crippen MR) is 98.0 cm³/mol. The first-order valence-corrected chi connectivity index (χ1v) is 9.34. The second-order valence-corrected chi connectivity index (χ2v) is 7.23. The monoisotopic (exact) mass is 349 g/mol. The summed E-state index contributed by atoms with van der Waals surface area (Å²) in [4.78, 5) is 7.09. The normalized spacial score (nSPS) is 26.7. The quantitative estimate of drug-likeness (QED) is 0.826. The van der Waals surface area contributed by atoms with Gasteiger partial charge in [-0.3, -0.25) is 9.80 Å². The SMILES string of the molecule is CCOc1cc(CN2CC[C@@H](N3CCN(C)CC3)[C@H](O)C2)ccc1O. The second-order valence-electron chi connectivity index (χ2n) is 7.23. The molecule has 2 fully saturated rings. The van der Waals surface area contributed by atoms with Crippen molar-refractivity contribution >= 4 is 0 Å². The highest BCUT2D eigenvalue weighted by Crippen LogP contribution is 2.28. The largest absolute Gasteiger partial charge is 0.504 e. The molecule has 1 aromatic carbocycles. The van der Waals surface area contributed by atoms with Crippen LogP contribution in [0, 0.1) is 0 Å². The van der Waals surface area contributed by atoms with E-state index < -0.39 is 0 Å². The van der Waals surface area contributed by atoms with Crippen LogP contribution in [-0.2, 0) is 6.54 Å². The number of rotatable bonds is 5. The lowest BCUT2D eigenvalue weighted by molar-refractivity contribution is -0.0286. The molecule has 2 saturated heterocycles. The van der Waals surface area contributed by atoms with Gasteiger partial charge in [-0.05, 0) is 38.1 Å². The fraction of sp³-hybridized carbons (Fsp3) is 0.684. The van der Waals surface area contributed by atoms with E-state index in [2.05, 4.69) is 21.7 Å². The maximum atomic E-state index is 10.7. The number of hydrogen-bond donors (Lipinski definition) is 2. The van der Waals surface area contributed by atoms with E-state index in [9.17, 15) is 10.2 Å². The van der Waals surface area contributed by atoms with Crippen LogP contribution in [0.25, 0.3) is 0 Å². The van der Waals surface area contributed by atoms with Crippen molar-refractivity contribution in [2.24, 2.45) is 0 Å². The van der Waals surface area contributed by atoms with Crippen LogP contribution in [-0.4, -0.2) is 90.0 Å². The minimum Gasteiger partial charge on any atom is -0.504 e. The number of ether oxygens (including phenoxy) is 1. The van der Waals surface area contributed by atoms with Crippen LogP contribution < -0.4 is 4.74 Å². The molecule has 0 saturated carbocycles. The van der Waals surface area contributed by atoms with Crippen LogP contribution >= 0.6 is 0 Å². The number of benzene rings is 1. The molecule has 2 aliphatic rings. The van der Waals surface area contributed by atoms with Crippen molar-refractivity contribution in [2.45, 2.75) is 32.0 Å². The molecule has 140 valence electrons. The highest BCUT2D eigenvalue weighted by Gasteiger charge is 2.33. The van der Waals surface area contributed by atoms with Gasteiger partial charge in [0.15, 0.2) is 11.5 Å². The molecule has 0 spiro atoms. The summed E-state index contributed by atoms with van der Waals surface area (Å²) in [5.74, 6) is 0.715. The third-order valence-corrected chi connectivity index (χ3v) is 5.37. The molecule has 2 N–H and O–H groups in total. The van der Waals surface area contributed by atoms with Crippen LogP contribution in [0.2, 0.25) is 0 Å². The molecule has 0 radical (unpaired) electrons. The minimum atomic E-state index is -0.305. The van der Waals surface area contributed by atoms with Gasteiger partial charge in [0.05, 0.1) is 12.7 Å². The number of hydrogen-bond acceptors (Lipinski definition) is 6. The Morgan fingerprint density at radius 3 is 2.60 bits per heavy atom. The summed E-state index contributed by atoms with van der Waals surface area (Å²) in [7, 11) is 2.16. The number of phenolic OH excluding ortho intramolecular Hbond substituents is 1. The van der Waals surface area contributed by atoms with E-state index in [0.717, 1.165) is 51.3 Å². The number of piperazine rings is 1. The van der Waals surface area contributed by atoms with Gasteiger partial charge in [0.25, 0.3) is 0 Å². The molecular formula is C19H31N3O3. The third kappa shape index (κ3) is 4.64. The first kappa shape index (κ1) is 18.5. The summed E-state index contributed by atoms with van der Waals surface area (Å²) in [5.41, 5.74) is 1.10. The number of aromatic hydroxyl groups is 1. The van der Waals surface area contributed by atoms with Gasteiger partial charge in [0.2, 0.25) is 0 Å². The summed E-state index contributed by atoms with van der Waals surface area (Å²) in [6.45, 7) is 9.16. The number of piperidine rings is 1. The van der Waals surface area contributed by atoms with Crippen molar-refractivity contribution in [3.63, 3.8) is 0 Å². The first-order valence-electron chi connectivity index (χ1n) is 9.34. The Bertz CT molecular complexity index is 561. The van der Waals surface area contributed by atoms with Gasteiger partial charge in [-0.25, -0.2) is 0 Å². The Morgan fingerprint density at radius 2 is 1.92 bits per heavy atom. The third-order valence-electron chi connectivity index (χ3n) is 5.37. The summed E-state index contributed by atoms with van der Waals surface area (Å²) >= 11 is 0. The van der Waals surface area contributed by atoms with Crippen molar-refractivity contribution in [1.29, 1.82) is 0 Å². The highest BCUT2D eigenvalue weighted by atomic mass is 16.5. The molecule has 2 heterocycles.